The lowest BCUT2D eigenvalue weighted by molar-refractivity contribution is -0.156. The van der Waals surface area contributed by atoms with Crippen LogP contribution >= 0.6 is 0 Å². The van der Waals surface area contributed by atoms with Crippen molar-refractivity contribution in [2.75, 3.05) is 18.5 Å². The van der Waals surface area contributed by atoms with Crippen LogP contribution in [0.4, 0.5) is 36.8 Å². The van der Waals surface area contributed by atoms with Crippen molar-refractivity contribution in [3.05, 3.63) is 59.2 Å². The summed E-state index contributed by atoms with van der Waals surface area (Å²) in [5.74, 6) is -1.42. The number of nitrogens with one attached hydrogen (secondary N) is 2. The van der Waals surface area contributed by atoms with Crippen LogP contribution in [-0.4, -0.2) is 60.0 Å². The molecule has 2 aromatic carbocycles. The molecule has 2 aliphatic rings. The van der Waals surface area contributed by atoms with Crippen molar-refractivity contribution in [2.45, 2.75) is 82.0 Å². The standard InChI is InChI=1S/C30H32F6N4O4/c1-28(2,3)44-27(42)40-12-4-5-24(40)26(41)39-19-8-10-21(11-9-19)43-16-20-14-22(25(38-20)30(34,35)36)17-6-7-18(15-37)23(13-17)29(31,32)33/h6-11,13,20,22,24-25,38H,4-5,12,14,16H2,1-3H3,(H,39,41)/t20-,22?,24-,25+/m0/s1. The molecule has 44 heavy (non-hydrogen) atoms. The number of carbonyl (C=O) groups is 2. The Bertz CT molecular complexity index is 1400. The predicted molar refractivity (Wildman–Crippen MR) is 147 cm³/mol. The van der Waals surface area contributed by atoms with E-state index in [1.54, 1.807) is 32.9 Å². The number of amides is 2. The molecule has 2 N–H and O–H groups in total. The molecule has 1 unspecified atom stereocenters. The Morgan fingerprint density at radius 1 is 1.07 bits per heavy atom. The van der Waals surface area contributed by atoms with Crippen LogP contribution in [0.15, 0.2) is 42.5 Å². The monoisotopic (exact) mass is 626 g/mol. The summed E-state index contributed by atoms with van der Waals surface area (Å²) < 4.78 is 93.0. The number of anilines is 1. The number of alkyl halides is 6. The van der Waals surface area contributed by atoms with Gasteiger partial charge in [-0.15, -0.1) is 0 Å². The van der Waals surface area contributed by atoms with Crippen molar-refractivity contribution in [2.24, 2.45) is 0 Å². The van der Waals surface area contributed by atoms with E-state index < -0.39 is 65.1 Å². The number of hydrogen-bond acceptors (Lipinski definition) is 6. The fraction of sp³-hybridized carbons (Fsp3) is 0.500. The van der Waals surface area contributed by atoms with Crippen LogP contribution in [0.25, 0.3) is 0 Å². The van der Waals surface area contributed by atoms with Crippen LogP contribution in [0.5, 0.6) is 5.75 Å². The van der Waals surface area contributed by atoms with Crippen LogP contribution in [0, 0.1) is 11.3 Å². The Balaban J connectivity index is 1.38. The summed E-state index contributed by atoms with van der Waals surface area (Å²) in [5.41, 5.74) is -2.42. The highest BCUT2D eigenvalue weighted by atomic mass is 19.4. The molecule has 4 rings (SSSR count). The van der Waals surface area contributed by atoms with Crippen LogP contribution in [0.2, 0.25) is 0 Å². The third-order valence-electron chi connectivity index (χ3n) is 7.36. The molecule has 2 aliphatic heterocycles. The predicted octanol–water partition coefficient (Wildman–Crippen LogP) is 6.37. The van der Waals surface area contributed by atoms with E-state index in [0.717, 1.165) is 12.1 Å². The number of likely N-dealkylation sites (tertiary alicyclic amines) is 1. The quantitative estimate of drug-likeness (QED) is 0.362. The van der Waals surface area contributed by atoms with Gasteiger partial charge in [-0.3, -0.25) is 15.0 Å². The largest absolute Gasteiger partial charge is 0.492 e. The molecular formula is C30H32F6N4O4. The van der Waals surface area contributed by atoms with Crippen molar-refractivity contribution in [1.82, 2.24) is 10.2 Å². The number of nitriles is 1. The molecule has 0 aromatic heterocycles. The average Bonchev–Trinajstić information content (AvgIpc) is 3.59. The number of ether oxygens (including phenoxy) is 2. The Morgan fingerprint density at radius 3 is 2.34 bits per heavy atom. The molecule has 238 valence electrons. The first-order chi connectivity index (χ1) is 20.5. The Morgan fingerprint density at radius 2 is 1.75 bits per heavy atom. The normalized spacial score (nSPS) is 22.4. The smallest absolute Gasteiger partial charge is 0.417 e. The van der Waals surface area contributed by atoms with Crippen LogP contribution in [0.1, 0.15) is 62.6 Å². The number of halogens is 6. The van der Waals surface area contributed by atoms with Crippen LogP contribution < -0.4 is 15.4 Å². The summed E-state index contributed by atoms with van der Waals surface area (Å²) in [6, 6.07) is 6.50. The highest BCUT2D eigenvalue weighted by Gasteiger charge is 2.51. The number of nitrogens with zero attached hydrogens (tertiary/aromatic N) is 2. The van der Waals surface area contributed by atoms with Gasteiger partial charge in [0.05, 0.1) is 17.2 Å². The maximum absolute atomic E-state index is 13.9. The number of rotatable bonds is 6. The summed E-state index contributed by atoms with van der Waals surface area (Å²) in [6.45, 7) is 5.39. The topological polar surface area (TPSA) is 104 Å². The fourth-order valence-corrected chi connectivity index (χ4v) is 5.41. The minimum atomic E-state index is -4.90. The summed E-state index contributed by atoms with van der Waals surface area (Å²) >= 11 is 0. The van der Waals surface area contributed by atoms with E-state index in [4.69, 9.17) is 14.7 Å². The van der Waals surface area contributed by atoms with Gasteiger partial charge in [0.15, 0.2) is 0 Å². The highest BCUT2D eigenvalue weighted by molar-refractivity contribution is 5.96. The molecule has 0 radical (unpaired) electrons. The van der Waals surface area contributed by atoms with Gasteiger partial charge < -0.3 is 14.8 Å². The van der Waals surface area contributed by atoms with E-state index in [1.807, 2.05) is 0 Å². The van der Waals surface area contributed by atoms with Gasteiger partial charge in [0.1, 0.15) is 30.0 Å². The summed E-state index contributed by atoms with van der Waals surface area (Å²) in [4.78, 5) is 26.8. The summed E-state index contributed by atoms with van der Waals surface area (Å²) in [7, 11) is 0. The van der Waals surface area contributed by atoms with Crippen molar-refractivity contribution >= 4 is 17.7 Å². The van der Waals surface area contributed by atoms with Crippen molar-refractivity contribution in [3.8, 4) is 11.8 Å². The second-order valence-electron chi connectivity index (χ2n) is 11.8. The zero-order chi connectivity index (χ0) is 32.4. The van der Waals surface area contributed by atoms with Crippen molar-refractivity contribution in [3.63, 3.8) is 0 Å². The maximum Gasteiger partial charge on any atom is 0.417 e. The average molecular weight is 627 g/mol. The number of hydrogen-bond donors (Lipinski definition) is 2. The third-order valence-corrected chi connectivity index (χ3v) is 7.36. The first kappa shape index (κ1) is 32.9. The van der Waals surface area contributed by atoms with E-state index in [-0.39, 0.29) is 18.6 Å². The molecule has 0 aliphatic carbocycles. The second kappa shape index (κ2) is 12.6. The number of benzene rings is 2. The molecule has 0 saturated carbocycles. The molecule has 2 heterocycles. The highest BCUT2D eigenvalue weighted by Crippen LogP contribution is 2.42. The molecular weight excluding hydrogens is 594 g/mol. The van der Waals surface area contributed by atoms with Gasteiger partial charge in [-0.05, 0) is 82.0 Å². The summed E-state index contributed by atoms with van der Waals surface area (Å²) in [5, 5.41) is 14.2. The SMILES string of the molecule is CC(C)(C)OC(=O)N1CCC[C@H]1C(=O)Nc1ccc(OC[C@@H]2CC(c3ccc(C#N)c(C(F)(F)F)c3)[C@H](C(F)(F)F)N2)cc1. The van der Waals surface area contributed by atoms with Crippen molar-refractivity contribution in [1.29, 1.82) is 5.26 Å². The van der Waals surface area contributed by atoms with E-state index in [0.29, 0.717) is 36.9 Å². The number of carbonyl (C=O) groups excluding carboxylic acids is 2. The molecule has 0 bridgehead atoms. The van der Waals surface area contributed by atoms with E-state index in [2.05, 4.69) is 10.6 Å². The molecule has 0 spiro atoms. The lowest BCUT2D eigenvalue weighted by atomic mass is 9.88. The van der Waals surface area contributed by atoms with Gasteiger partial charge in [0.25, 0.3) is 0 Å². The minimum Gasteiger partial charge on any atom is -0.492 e. The Kier molecular flexibility index (Phi) is 9.39. The van der Waals surface area contributed by atoms with Gasteiger partial charge in [-0.1, -0.05) is 6.07 Å². The Hall–Kier alpha value is -3.99. The molecule has 4 atom stereocenters. The lowest BCUT2D eigenvalue weighted by Crippen LogP contribution is -2.45. The Labute approximate surface area is 250 Å². The van der Waals surface area contributed by atoms with Gasteiger partial charge >= 0.3 is 18.4 Å². The first-order valence-electron chi connectivity index (χ1n) is 13.9. The van der Waals surface area contributed by atoms with E-state index in [1.165, 1.54) is 23.1 Å². The zero-order valence-corrected chi connectivity index (χ0v) is 24.2. The molecule has 2 amide bonds. The van der Waals surface area contributed by atoms with Gasteiger partial charge in [0.2, 0.25) is 5.91 Å². The van der Waals surface area contributed by atoms with Crippen LogP contribution in [-0.2, 0) is 15.7 Å². The summed E-state index contributed by atoms with van der Waals surface area (Å²) in [6.07, 6.45) is -9.26. The van der Waals surface area contributed by atoms with Crippen molar-refractivity contribution < 1.29 is 45.4 Å². The zero-order valence-electron chi connectivity index (χ0n) is 24.2. The molecule has 8 nitrogen and oxygen atoms in total. The maximum atomic E-state index is 13.9. The second-order valence-corrected chi connectivity index (χ2v) is 11.8. The fourth-order valence-electron chi connectivity index (χ4n) is 5.41. The van der Waals surface area contributed by atoms with Gasteiger partial charge in [0, 0.05) is 24.2 Å². The minimum absolute atomic E-state index is 0.156. The first-order valence-corrected chi connectivity index (χ1v) is 13.9. The van der Waals surface area contributed by atoms with E-state index >= 15 is 0 Å². The lowest BCUT2D eigenvalue weighted by Gasteiger charge is -2.28. The van der Waals surface area contributed by atoms with E-state index in [9.17, 15) is 35.9 Å². The van der Waals surface area contributed by atoms with Gasteiger partial charge in [-0.2, -0.15) is 31.6 Å². The molecule has 14 heteroatoms. The molecule has 2 aromatic rings. The third kappa shape index (κ3) is 7.93. The van der Waals surface area contributed by atoms with Gasteiger partial charge in [-0.25, -0.2) is 4.79 Å². The molecule has 2 fully saturated rings. The van der Waals surface area contributed by atoms with Crippen LogP contribution in [0.3, 0.4) is 0 Å². The molecule has 2 saturated heterocycles.